The molecule has 0 aromatic rings. The van der Waals surface area contributed by atoms with Crippen LogP contribution in [-0.4, -0.2) is 28.5 Å². The van der Waals surface area contributed by atoms with E-state index in [9.17, 15) is 4.79 Å². The van der Waals surface area contributed by atoms with E-state index in [1.165, 1.54) is 5.01 Å². The van der Waals surface area contributed by atoms with Gasteiger partial charge in [0, 0.05) is 29.0 Å². The summed E-state index contributed by atoms with van der Waals surface area (Å²) in [6, 6.07) is 2.07. The van der Waals surface area contributed by atoms with Crippen molar-refractivity contribution in [1.82, 2.24) is 15.2 Å². The molecule has 1 saturated carbocycles. The number of nitriles is 1. The maximum absolute atomic E-state index is 13.0. The molecule has 3 aliphatic rings. The van der Waals surface area contributed by atoms with Crippen LogP contribution in [0.5, 0.6) is 0 Å². The van der Waals surface area contributed by atoms with Gasteiger partial charge < -0.3 is 10.2 Å². The lowest BCUT2D eigenvalue weighted by Crippen LogP contribution is -2.47. The van der Waals surface area contributed by atoms with E-state index < -0.39 is 0 Å². The largest absolute Gasteiger partial charge is 0.367 e. The molecule has 130 valence electrons. The first kappa shape index (κ1) is 17.5. The first-order valence-electron chi connectivity index (χ1n) is 8.24. The van der Waals surface area contributed by atoms with Crippen LogP contribution >= 0.6 is 15.9 Å². The number of nitrogens with zero attached hydrogens (tertiary/aromatic N) is 3. The minimum absolute atomic E-state index is 0.0867. The SMILES string of the molecule is CCN(C(=O)C1=C/C(=C(\Br)C2CC2)N(N)C=C1)C1C=CC(C#N)=CN1. The van der Waals surface area contributed by atoms with E-state index in [0.717, 1.165) is 23.0 Å². The monoisotopic (exact) mass is 401 g/mol. The summed E-state index contributed by atoms with van der Waals surface area (Å²) >= 11 is 3.62. The van der Waals surface area contributed by atoms with Gasteiger partial charge in [-0.25, -0.2) is 5.84 Å². The third-order valence-electron chi connectivity index (χ3n) is 4.35. The molecule has 1 fully saturated rings. The van der Waals surface area contributed by atoms with Gasteiger partial charge in [-0.05, 0) is 50.0 Å². The molecule has 6 nitrogen and oxygen atoms in total. The average molecular weight is 402 g/mol. The molecular weight excluding hydrogens is 382 g/mol. The summed E-state index contributed by atoms with van der Waals surface area (Å²) in [4.78, 5) is 14.7. The zero-order chi connectivity index (χ0) is 18.0. The van der Waals surface area contributed by atoms with Gasteiger partial charge in [-0.2, -0.15) is 5.26 Å². The predicted molar refractivity (Wildman–Crippen MR) is 99.1 cm³/mol. The Morgan fingerprint density at radius 1 is 1.52 bits per heavy atom. The fraction of sp³-hybridized carbons (Fsp3) is 0.333. The van der Waals surface area contributed by atoms with Gasteiger partial charge in [0.15, 0.2) is 0 Å². The Morgan fingerprint density at radius 3 is 2.84 bits per heavy atom. The van der Waals surface area contributed by atoms with Crippen molar-refractivity contribution >= 4 is 21.8 Å². The molecule has 25 heavy (non-hydrogen) atoms. The molecule has 2 heterocycles. The van der Waals surface area contributed by atoms with Crippen LogP contribution in [0, 0.1) is 17.2 Å². The summed E-state index contributed by atoms with van der Waals surface area (Å²) in [5.41, 5.74) is 1.94. The predicted octanol–water partition coefficient (Wildman–Crippen LogP) is 2.37. The van der Waals surface area contributed by atoms with E-state index in [1.807, 2.05) is 19.1 Å². The number of nitrogens with two attached hydrogens (primary N) is 1. The molecule has 3 rings (SSSR count). The second-order valence-electron chi connectivity index (χ2n) is 6.10. The average Bonchev–Trinajstić information content (AvgIpc) is 3.48. The summed E-state index contributed by atoms with van der Waals surface area (Å²) in [5.74, 6) is 6.43. The number of rotatable bonds is 4. The highest BCUT2D eigenvalue weighted by Gasteiger charge is 2.30. The van der Waals surface area contributed by atoms with Gasteiger partial charge in [0.25, 0.3) is 5.91 Å². The highest BCUT2D eigenvalue weighted by Crippen LogP contribution is 2.42. The van der Waals surface area contributed by atoms with E-state index in [4.69, 9.17) is 11.1 Å². The van der Waals surface area contributed by atoms with Gasteiger partial charge in [0.1, 0.15) is 12.2 Å². The molecule has 0 saturated heterocycles. The molecule has 0 bridgehead atoms. The Kier molecular flexibility index (Phi) is 5.11. The maximum atomic E-state index is 13.0. The van der Waals surface area contributed by atoms with Gasteiger partial charge in [0.05, 0.1) is 11.3 Å². The van der Waals surface area contributed by atoms with E-state index in [1.54, 1.807) is 29.5 Å². The number of nitrogens with one attached hydrogen (secondary N) is 1. The topological polar surface area (TPSA) is 85.4 Å². The smallest absolute Gasteiger partial charge is 0.255 e. The number of carbonyl (C=O) groups excluding carboxylic acids is 1. The number of carbonyl (C=O) groups is 1. The van der Waals surface area contributed by atoms with Crippen molar-refractivity contribution in [3.8, 4) is 6.07 Å². The van der Waals surface area contributed by atoms with Gasteiger partial charge in [0.2, 0.25) is 0 Å². The molecule has 0 spiro atoms. The van der Waals surface area contributed by atoms with Crippen molar-refractivity contribution < 1.29 is 4.79 Å². The van der Waals surface area contributed by atoms with Crippen molar-refractivity contribution in [3.63, 3.8) is 0 Å². The number of hydrogen-bond donors (Lipinski definition) is 2. The number of likely N-dealkylation sites (N-methyl/N-ethyl adjacent to an activating group) is 1. The Labute approximate surface area is 155 Å². The molecule has 1 aliphatic carbocycles. The molecule has 0 aromatic heterocycles. The maximum Gasteiger partial charge on any atom is 0.255 e. The summed E-state index contributed by atoms with van der Waals surface area (Å²) in [6.07, 6.45) is 12.4. The quantitative estimate of drug-likeness (QED) is 0.706. The number of dihydropyridines is 1. The van der Waals surface area contributed by atoms with Crippen LogP contribution in [-0.2, 0) is 4.79 Å². The Hall–Kier alpha value is -2.30. The number of allylic oxidation sites excluding steroid dienone is 4. The molecule has 0 radical (unpaired) electrons. The Bertz CT molecular complexity index is 767. The number of hydrogen-bond acceptors (Lipinski definition) is 5. The van der Waals surface area contributed by atoms with E-state index >= 15 is 0 Å². The molecule has 1 amide bonds. The minimum atomic E-state index is -0.279. The molecule has 2 aliphatic heterocycles. The zero-order valence-electron chi connectivity index (χ0n) is 13.9. The van der Waals surface area contributed by atoms with Crippen LogP contribution < -0.4 is 11.2 Å². The third kappa shape index (κ3) is 3.70. The van der Waals surface area contributed by atoms with Crippen molar-refractivity contribution in [3.05, 3.63) is 58.0 Å². The molecule has 1 atom stereocenters. The standard InChI is InChI=1S/C18H20BrN5O/c1-2-23(16-6-3-12(10-20)11-22-16)18(25)14-7-8-24(21)15(9-14)17(19)13-4-5-13/h3,6-9,11,13,16,22H,2,4-5,21H2,1H3/b17-15+. The number of amides is 1. The third-order valence-corrected chi connectivity index (χ3v) is 5.40. The first-order valence-corrected chi connectivity index (χ1v) is 9.03. The van der Waals surface area contributed by atoms with Gasteiger partial charge in [-0.3, -0.25) is 9.80 Å². The van der Waals surface area contributed by atoms with Crippen molar-refractivity contribution in [2.24, 2.45) is 11.8 Å². The summed E-state index contributed by atoms with van der Waals surface area (Å²) < 4.78 is 1.05. The van der Waals surface area contributed by atoms with Crippen LogP contribution in [0.25, 0.3) is 0 Å². The molecule has 3 N–H and O–H groups in total. The highest BCUT2D eigenvalue weighted by molar-refractivity contribution is 9.11. The fourth-order valence-electron chi connectivity index (χ4n) is 2.75. The van der Waals surface area contributed by atoms with Crippen LogP contribution in [0.4, 0.5) is 0 Å². The zero-order valence-corrected chi connectivity index (χ0v) is 15.5. The lowest BCUT2D eigenvalue weighted by atomic mass is 10.1. The van der Waals surface area contributed by atoms with Crippen molar-refractivity contribution in [1.29, 1.82) is 5.26 Å². The minimum Gasteiger partial charge on any atom is -0.367 e. The van der Waals surface area contributed by atoms with Crippen LogP contribution in [0.1, 0.15) is 19.8 Å². The van der Waals surface area contributed by atoms with Gasteiger partial charge in [-0.15, -0.1) is 0 Å². The van der Waals surface area contributed by atoms with Crippen molar-refractivity contribution in [2.75, 3.05) is 6.54 Å². The highest BCUT2D eigenvalue weighted by atomic mass is 79.9. The molecule has 7 heteroatoms. The number of hydrazine groups is 1. The Morgan fingerprint density at radius 2 is 2.28 bits per heavy atom. The summed E-state index contributed by atoms with van der Waals surface area (Å²) in [7, 11) is 0. The molecule has 1 unspecified atom stereocenters. The molecular formula is C18H20BrN5O. The fourth-order valence-corrected chi connectivity index (χ4v) is 3.53. The number of halogens is 1. The van der Waals surface area contributed by atoms with E-state index in [2.05, 4.69) is 27.3 Å². The lowest BCUT2D eigenvalue weighted by Gasteiger charge is -2.32. The van der Waals surface area contributed by atoms with E-state index in [0.29, 0.717) is 23.6 Å². The van der Waals surface area contributed by atoms with Crippen LogP contribution in [0.3, 0.4) is 0 Å². The Balaban J connectivity index is 1.81. The summed E-state index contributed by atoms with van der Waals surface area (Å²) in [5, 5.41) is 13.5. The second-order valence-corrected chi connectivity index (χ2v) is 6.96. The van der Waals surface area contributed by atoms with E-state index in [-0.39, 0.29) is 12.1 Å². The second kappa shape index (κ2) is 7.30. The van der Waals surface area contributed by atoms with Gasteiger partial charge in [-0.1, -0.05) is 15.9 Å². The first-order chi connectivity index (χ1) is 12.0. The van der Waals surface area contributed by atoms with Crippen LogP contribution in [0.15, 0.2) is 58.0 Å². The van der Waals surface area contributed by atoms with Crippen molar-refractivity contribution in [2.45, 2.75) is 25.9 Å². The normalized spacial score (nSPS) is 24.1. The molecule has 0 aromatic carbocycles. The lowest BCUT2D eigenvalue weighted by molar-refractivity contribution is -0.128. The van der Waals surface area contributed by atoms with Gasteiger partial charge >= 0.3 is 0 Å². The van der Waals surface area contributed by atoms with Crippen LogP contribution in [0.2, 0.25) is 0 Å². The summed E-state index contributed by atoms with van der Waals surface area (Å²) in [6.45, 7) is 2.47.